The van der Waals surface area contributed by atoms with Crippen molar-refractivity contribution in [3.05, 3.63) is 0 Å². The highest BCUT2D eigenvalue weighted by molar-refractivity contribution is 4.93. The third kappa shape index (κ3) is 4.35. The third-order valence-electron chi connectivity index (χ3n) is 4.54. The zero-order valence-electron chi connectivity index (χ0n) is 11.3. The first-order valence-corrected chi connectivity index (χ1v) is 7.54. The lowest BCUT2D eigenvalue weighted by Gasteiger charge is -2.38. The Labute approximate surface area is 112 Å². The van der Waals surface area contributed by atoms with Crippen LogP contribution in [-0.2, 0) is 0 Å². The Balaban J connectivity index is 1.53. The van der Waals surface area contributed by atoms with E-state index in [4.69, 9.17) is 0 Å². The number of hydrogen-bond donors (Lipinski definition) is 1. The average Bonchev–Trinajstić information content (AvgIpc) is 3.15. The number of nitrogens with zero attached hydrogens (tertiary/aromatic N) is 1. The molecule has 1 aliphatic heterocycles. The van der Waals surface area contributed by atoms with E-state index in [0.29, 0.717) is 19.0 Å². The minimum Gasteiger partial charge on any atom is -0.312 e. The molecule has 0 amide bonds. The Morgan fingerprint density at radius 3 is 2.32 bits per heavy atom. The Morgan fingerprint density at radius 2 is 1.74 bits per heavy atom. The molecule has 0 radical (unpaired) electrons. The standard InChI is InChI=1S/C14H23F3N2/c15-14(16,17)6-11-5-12(18-7-10-1-2-10)9-19(8-11)13-3-4-13/h10-13,18H,1-9H2. The van der Waals surface area contributed by atoms with Crippen molar-refractivity contribution in [2.45, 2.75) is 56.8 Å². The first-order valence-electron chi connectivity index (χ1n) is 7.54. The van der Waals surface area contributed by atoms with Crippen LogP contribution in [0.5, 0.6) is 0 Å². The van der Waals surface area contributed by atoms with Crippen molar-refractivity contribution < 1.29 is 13.2 Å². The fourth-order valence-corrected chi connectivity index (χ4v) is 3.26. The first-order chi connectivity index (χ1) is 8.99. The van der Waals surface area contributed by atoms with Gasteiger partial charge >= 0.3 is 6.18 Å². The van der Waals surface area contributed by atoms with Gasteiger partial charge in [0.15, 0.2) is 0 Å². The summed E-state index contributed by atoms with van der Waals surface area (Å²) in [5.41, 5.74) is 0. The van der Waals surface area contributed by atoms with Gasteiger partial charge in [-0.05, 0) is 50.5 Å². The molecule has 1 heterocycles. The molecule has 2 saturated carbocycles. The SMILES string of the molecule is FC(F)(F)CC1CC(NCC2CC2)CN(C2CC2)C1. The summed E-state index contributed by atoms with van der Waals surface area (Å²) in [6.07, 6.45) is 0.990. The van der Waals surface area contributed by atoms with E-state index in [-0.39, 0.29) is 12.0 Å². The van der Waals surface area contributed by atoms with Crippen LogP contribution in [0.1, 0.15) is 38.5 Å². The Hall–Kier alpha value is -0.290. The smallest absolute Gasteiger partial charge is 0.312 e. The molecule has 2 aliphatic carbocycles. The van der Waals surface area contributed by atoms with Crippen molar-refractivity contribution in [2.75, 3.05) is 19.6 Å². The summed E-state index contributed by atoms with van der Waals surface area (Å²) in [7, 11) is 0. The highest BCUT2D eigenvalue weighted by atomic mass is 19.4. The van der Waals surface area contributed by atoms with Crippen LogP contribution in [0.4, 0.5) is 13.2 Å². The van der Waals surface area contributed by atoms with Crippen molar-refractivity contribution in [1.82, 2.24) is 10.2 Å². The number of alkyl halides is 3. The van der Waals surface area contributed by atoms with Gasteiger partial charge in [0, 0.05) is 31.6 Å². The predicted molar refractivity (Wildman–Crippen MR) is 67.9 cm³/mol. The van der Waals surface area contributed by atoms with Crippen LogP contribution in [0.3, 0.4) is 0 Å². The molecule has 2 unspecified atom stereocenters. The van der Waals surface area contributed by atoms with Crippen molar-refractivity contribution >= 4 is 0 Å². The largest absolute Gasteiger partial charge is 0.389 e. The fraction of sp³-hybridized carbons (Fsp3) is 1.00. The maximum atomic E-state index is 12.6. The molecule has 2 atom stereocenters. The first kappa shape index (κ1) is 13.7. The van der Waals surface area contributed by atoms with E-state index in [1.165, 1.54) is 25.7 Å². The van der Waals surface area contributed by atoms with E-state index >= 15 is 0 Å². The van der Waals surface area contributed by atoms with Gasteiger partial charge in [-0.15, -0.1) is 0 Å². The van der Waals surface area contributed by atoms with Gasteiger partial charge in [0.2, 0.25) is 0 Å². The second kappa shape index (κ2) is 5.24. The quantitative estimate of drug-likeness (QED) is 0.830. The lowest BCUT2D eigenvalue weighted by atomic mass is 9.91. The van der Waals surface area contributed by atoms with Crippen LogP contribution < -0.4 is 5.32 Å². The number of rotatable bonds is 5. The molecule has 1 N–H and O–H groups in total. The molecule has 19 heavy (non-hydrogen) atoms. The molecule has 110 valence electrons. The minimum atomic E-state index is -4.02. The summed E-state index contributed by atoms with van der Waals surface area (Å²) in [5.74, 6) is 0.573. The molecule has 0 bridgehead atoms. The van der Waals surface area contributed by atoms with Gasteiger partial charge in [0.05, 0.1) is 0 Å². The molecule has 0 aromatic carbocycles. The molecule has 1 saturated heterocycles. The summed E-state index contributed by atoms with van der Waals surface area (Å²) < 4.78 is 37.8. The summed E-state index contributed by atoms with van der Waals surface area (Å²) >= 11 is 0. The van der Waals surface area contributed by atoms with E-state index in [1.54, 1.807) is 0 Å². The number of hydrogen-bond acceptors (Lipinski definition) is 2. The van der Waals surface area contributed by atoms with E-state index in [9.17, 15) is 13.2 Å². The Bertz CT molecular complexity index is 310. The number of piperidine rings is 1. The van der Waals surface area contributed by atoms with Crippen LogP contribution in [-0.4, -0.2) is 42.8 Å². The van der Waals surface area contributed by atoms with Gasteiger partial charge in [0.25, 0.3) is 0 Å². The highest BCUT2D eigenvalue weighted by Gasteiger charge is 2.40. The second-order valence-corrected chi connectivity index (χ2v) is 6.65. The van der Waals surface area contributed by atoms with Crippen molar-refractivity contribution in [1.29, 1.82) is 0 Å². The molecular weight excluding hydrogens is 253 g/mol. The predicted octanol–water partition coefficient (Wildman–Crippen LogP) is 2.79. The number of likely N-dealkylation sites (tertiary alicyclic amines) is 1. The van der Waals surface area contributed by atoms with Gasteiger partial charge < -0.3 is 5.32 Å². The molecule has 3 rings (SSSR count). The van der Waals surface area contributed by atoms with Gasteiger partial charge in [-0.2, -0.15) is 13.2 Å². The van der Waals surface area contributed by atoms with E-state index < -0.39 is 12.6 Å². The summed E-state index contributed by atoms with van der Waals surface area (Å²) in [6, 6.07) is 0.837. The third-order valence-corrected chi connectivity index (χ3v) is 4.54. The number of nitrogens with one attached hydrogen (secondary N) is 1. The molecule has 3 fully saturated rings. The zero-order chi connectivity index (χ0) is 13.5. The monoisotopic (exact) mass is 276 g/mol. The molecular formula is C14H23F3N2. The van der Waals surface area contributed by atoms with Crippen molar-refractivity contribution in [3.63, 3.8) is 0 Å². The van der Waals surface area contributed by atoms with Gasteiger partial charge in [-0.25, -0.2) is 0 Å². The average molecular weight is 276 g/mol. The Kier molecular flexibility index (Phi) is 3.78. The molecule has 5 heteroatoms. The topological polar surface area (TPSA) is 15.3 Å². The molecule has 0 aromatic heterocycles. The van der Waals surface area contributed by atoms with Crippen LogP contribution in [0.2, 0.25) is 0 Å². The van der Waals surface area contributed by atoms with Crippen LogP contribution >= 0.6 is 0 Å². The summed E-state index contributed by atoms with van der Waals surface area (Å²) in [4.78, 5) is 2.30. The highest BCUT2D eigenvalue weighted by Crippen LogP contribution is 2.36. The van der Waals surface area contributed by atoms with Gasteiger partial charge in [-0.1, -0.05) is 0 Å². The Morgan fingerprint density at radius 1 is 1.00 bits per heavy atom. The molecule has 3 aliphatic rings. The van der Waals surface area contributed by atoms with Crippen molar-refractivity contribution in [3.8, 4) is 0 Å². The maximum absolute atomic E-state index is 12.6. The zero-order valence-corrected chi connectivity index (χ0v) is 11.3. The van der Waals surface area contributed by atoms with Crippen LogP contribution in [0.15, 0.2) is 0 Å². The number of halogens is 3. The minimum absolute atomic E-state index is 0.217. The molecule has 0 spiro atoms. The lowest BCUT2D eigenvalue weighted by molar-refractivity contribution is -0.149. The van der Waals surface area contributed by atoms with E-state index in [2.05, 4.69) is 10.2 Å². The summed E-state index contributed by atoms with van der Waals surface area (Å²) in [5, 5.41) is 3.50. The molecule has 2 nitrogen and oxygen atoms in total. The van der Waals surface area contributed by atoms with Crippen molar-refractivity contribution in [2.24, 2.45) is 11.8 Å². The van der Waals surface area contributed by atoms with E-state index in [1.807, 2.05) is 0 Å². The van der Waals surface area contributed by atoms with Crippen LogP contribution in [0, 0.1) is 11.8 Å². The maximum Gasteiger partial charge on any atom is 0.389 e. The summed E-state index contributed by atoms with van der Waals surface area (Å²) in [6.45, 7) is 2.60. The van der Waals surface area contributed by atoms with Crippen LogP contribution in [0.25, 0.3) is 0 Å². The van der Waals surface area contributed by atoms with Gasteiger partial charge in [0.1, 0.15) is 0 Å². The van der Waals surface area contributed by atoms with Gasteiger partial charge in [-0.3, -0.25) is 4.90 Å². The second-order valence-electron chi connectivity index (χ2n) is 6.65. The fourth-order valence-electron chi connectivity index (χ4n) is 3.26. The lowest BCUT2D eigenvalue weighted by Crippen LogP contribution is -2.51. The normalized spacial score (nSPS) is 33.6. The van der Waals surface area contributed by atoms with E-state index in [0.717, 1.165) is 19.0 Å². The molecule has 0 aromatic rings.